The number of unbranched alkanes of at least 4 members (excludes halogenated alkanes) is 2. The van der Waals surface area contributed by atoms with Crippen LogP contribution in [0.2, 0.25) is 0 Å². The minimum atomic E-state index is -3.16. The van der Waals surface area contributed by atoms with Crippen LogP contribution in [0, 0.1) is 41.1 Å². The lowest BCUT2D eigenvalue weighted by Crippen LogP contribution is -2.13. The summed E-state index contributed by atoms with van der Waals surface area (Å²) in [6.07, 6.45) is 9.41. The Kier molecular flexibility index (Phi) is 8.51. The number of alkyl halides is 2. The van der Waals surface area contributed by atoms with Crippen molar-refractivity contribution in [1.82, 2.24) is 0 Å². The Morgan fingerprint density at radius 2 is 1.64 bits per heavy atom. The molecule has 0 saturated heterocycles. The van der Waals surface area contributed by atoms with Crippen molar-refractivity contribution in [2.75, 3.05) is 0 Å². The Morgan fingerprint density at radius 3 is 2.31 bits per heavy atom. The molecular formula is C30H29F5O. The first-order chi connectivity index (χ1) is 17.4. The van der Waals surface area contributed by atoms with Crippen LogP contribution in [0.25, 0.3) is 21.9 Å². The van der Waals surface area contributed by atoms with Crippen molar-refractivity contribution in [3.63, 3.8) is 0 Å². The van der Waals surface area contributed by atoms with Gasteiger partial charge in [0.2, 0.25) is 0 Å². The minimum Gasteiger partial charge on any atom is -0.432 e. The fourth-order valence-electron chi connectivity index (χ4n) is 5.00. The van der Waals surface area contributed by atoms with Crippen LogP contribution in [0.1, 0.15) is 63.9 Å². The molecule has 0 aromatic heterocycles. The summed E-state index contributed by atoms with van der Waals surface area (Å²) in [6, 6.07) is 8.92. The topological polar surface area (TPSA) is 9.23 Å². The Hall–Kier alpha value is -3.07. The highest BCUT2D eigenvalue weighted by molar-refractivity contribution is 5.89. The smallest absolute Gasteiger partial charge is 0.387 e. The van der Waals surface area contributed by atoms with E-state index in [2.05, 4.69) is 23.5 Å². The van der Waals surface area contributed by atoms with E-state index in [9.17, 15) is 22.0 Å². The molecule has 0 heterocycles. The standard InChI is InChI=1S/C30H29F5O/c1-2-3-4-5-19-6-8-20(9-7-19)10-11-21-16-25(31)28(26(32)17-21)23-12-14-24-22(18-23)13-15-27(29(24)33)36-30(34)35/h12-20,30H,2-9H2,1H3. The van der Waals surface area contributed by atoms with Crippen LogP contribution in [0.15, 0.2) is 42.5 Å². The molecule has 0 bridgehead atoms. The number of benzene rings is 3. The average molecular weight is 501 g/mol. The van der Waals surface area contributed by atoms with Crippen LogP contribution in [0.3, 0.4) is 0 Å². The molecule has 0 unspecified atom stereocenters. The molecule has 3 aromatic carbocycles. The zero-order valence-electron chi connectivity index (χ0n) is 20.2. The zero-order valence-corrected chi connectivity index (χ0v) is 20.2. The summed E-state index contributed by atoms with van der Waals surface area (Å²) in [7, 11) is 0. The fraction of sp³-hybridized carbons (Fsp3) is 0.400. The average Bonchev–Trinajstić information content (AvgIpc) is 2.85. The van der Waals surface area contributed by atoms with Gasteiger partial charge in [0, 0.05) is 16.9 Å². The molecule has 6 heteroatoms. The highest BCUT2D eigenvalue weighted by atomic mass is 19.3. The van der Waals surface area contributed by atoms with Gasteiger partial charge >= 0.3 is 6.61 Å². The van der Waals surface area contributed by atoms with Crippen LogP contribution in [0.4, 0.5) is 22.0 Å². The van der Waals surface area contributed by atoms with Gasteiger partial charge in [-0.3, -0.25) is 0 Å². The molecule has 0 radical (unpaired) electrons. The molecule has 0 amide bonds. The summed E-state index contributed by atoms with van der Waals surface area (Å²) < 4.78 is 73.5. The molecule has 36 heavy (non-hydrogen) atoms. The van der Waals surface area contributed by atoms with E-state index in [1.807, 2.05) is 0 Å². The summed E-state index contributed by atoms with van der Waals surface area (Å²) in [5, 5.41) is 0.319. The molecule has 3 aromatic rings. The lowest BCUT2D eigenvalue weighted by Gasteiger charge is -2.25. The maximum Gasteiger partial charge on any atom is 0.387 e. The van der Waals surface area contributed by atoms with E-state index in [0.717, 1.165) is 37.7 Å². The van der Waals surface area contributed by atoms with E-state index < -0.39 is 29.8 Å². The molecule has 1 aliphatic rings. The molecule has 0 aliphatic heterocycles. The second-order valence-electron chi connectivity index (χ2n) is 9.49. The van der Waals surface area contributed by atoms with Crippen LogP contribution in [0.5, 0.6) is 5.75 Å². The first kappa shape index (κ1) is 26.0. The molecule has 0 atom stereocenters. The van der Waals surface area contributed by atoms with Crippen molar-refractivity contribution in [2.45, 2.75) is 64.9 Å². The summed E-state index contributed by atoms with van der Waals surface area (Å²) in [5.41, 5.74) is 0.239. The molecule has 4 rings (SSSR count). The highest BCUT2D eigenvalue weighted by Gasteiger charge is 2.20. The second kappa shape index (κ2) is 11.8. The third-order valence-electron chi connectivity index (χ3n) is 6.95. The molecule has 1 fully saturated rings. The van der Waals surface area contributed by atoms with Crippen molar-refractivity contribution in [3.05, 3.63) is 65.5 Å². The van der Waals surface area contributed by atoms with Crippen molar-refractivity contribution < 1.29 is 26.7 Å². The summed E-state index contributed by atoms with van der Waals surface area (Å²) in [5.74, 6) is 4.07. The molecule has 1 saturated carbocycles. The molecular weight excluding hydrogens is 471 g/mol. The van der Waals surface area contributed by atoms with Crippen LogP contribution in [-0.2, 0) is 0 Å². The molecule has 1 nitrogen and oxygen atoms in total. The second-order valence-corrected chi connectivity index (χ2v) is 9.49. The maximum absolute atomic E-state index is 15.0. The van der Waals surface area contributed by atoms with Gasteiger partial charge < -0.3 is 4.74 Å². The third kappa shape index (κ3) is 6.19. The number of halogens is 5. The van der Waals surface area contributed by atoms with Crippen molar-refractivity contribution in [1.29, 1.82) is 0 Å². The van der Waals surface area contributed by atoms with Crippen LogP contribution < -0.4 is 4.74 Å². The first-order valence-electron chi connectivity index (χ1n) is 12.5. The Morgan fingerprint density at radius 1 is 0.917 bits per heavy atom. The summed E-state index contributed by atoms with van der Waals surface area (Å²) >= 11 is 0. The Labute approximate surface area is 208 Å². The van der Waals surface area contributed by atoms with E-state index in [1.165, 1.54) is 62.1 Å². The molecule has 0 N–H and O–H groups in total. The summed E-state index contributed by atoms with van der Waals surface area (Å²) in [4.78, 5) is 0. The Bertz CT molecular complexity index is 1240. The van der Waals surface area contributed by atoms with Gasteiger partial charge in [0.15, 0.2) is 11.6 Å². The highest BCUT2D eigenvalue weighted by Crippen LogP contribution is 2.34. The number of rotatable bonds is 7. The minimum absolute atomic E-state index is 0.0142. The fourth-order valence-corrected chi connectivity index (χ4v) is 5.00. The lowest BCUT2D eigenvalue weighted by atomic mass is 9.80. The maximum atomic E-state index is 15.0. The number of hydrogen-bond acceptors (Lipinski definition) is 1. The number of hydrogen-bond donors (Lipinski definition) is 0. The van der Waals surface area contributed by atoms with Crippen LogP contribution in [-0.4, -0.2) is 6.61 Å². The van der Waals surface area contributed by atoms with E-state index in [0.29, 0.717) is 5.39 Å². The number of fused-ring (bicyclic) bond motifs is 1. The largest absolute Gasteiger partial charge is 0.432 e. The SMILES string of the molecule is CCCCCC1CCC(C#Cc2cc(F)c(-c3ccc4c(F)c(OC(F)F)ccc4c3)c(F)c2)CC1. The predicted molar refractivity (Wildman–Crippen MR) is 132 cm³/mol. The van der Waals surface area contributed by atoms with Gasteiger partial charge in [-0.15, -0.1) is 0 Å². The van der Waals surface area contributed by atoms with Gasteiger partial charge in [-0.1, -0.05) is 62.6 Å². The van der Waals surface area contributed by atoms with Gasteiger partial charge in [0.1, 0.15) is 11.6 Å². The number of ether oxygens (including phenoxy) is 1. The normalized spacial score (nSPS) is 17.8. The van der Waals surface area contributed by atoms with E-state index >= 15 is 0 Å². The van der Waals surface area contributed by atoms with E-state index in [1.54, 1.807) is 0 Å². The third-order valence-corrected chi connectivity index (χ3v) is 6.95. The quantitative estimate of drug-likeness (QED) is 0.178. The molecule has 1 aliphatic carbocycles. The first-order valence-corrected chi connectivity index (χ1v) is 12.5. The van der Waals surface area contributed by atoms with Crippen molar-refractivity contribution in [2.24, 2.45) is 11.8 Å². The zero-order chi connectivity index (χ0) is 25.7. The van der Waals surface area contributed by atoms with Gasteiger partial charge in [0.25, 0.3) is 0 Å². The lowest BCUT2D eigenvalue weighted by molar-refractivity contribution is -0.0520. The summed E-state index contributed by atoms with van der Waals surface area (Å²) in [6.45, 7) is -0.953. The van der Waals surface area contributed by atoms with Gasteiger partial charge in [-0.05, 0) is 66.8 Å². The van der Waals surface area contributed by atoms with Gasteiger partial charge in [-0.2, -0.15) is 8.78 Å². The van der Waals surface area contributed by atoms with Gasteiger partial charge in [-0.25, -0.2) is 13.2 Å². The molecule has 0 spiro atoms. The monoisotopic (exact) mass is 500 g/mol. The molecule has 190 valence electrons. The Balaban J connectivity index is 1.49. The predicted octanol–water partition coefficient (Wildman–Crippen LogP) is 9.26. The van der Waals surface area contributed by atoms with Crippen molar-refractivity contribution in [3.8, 4) is 28.7 Å². The van der Waals surface area contributed by atoms with Crippen molar-refractivity contribution >= 4 is 10.8 Å². The van der Waals surface area contributed by atoms with Gasteiger partial charge in [0.05, 0.1) is 5.56 Å². The van der Waals surface area contributed by atoms with E-state index in [4.69, 9.17) is 0 Å². The van der Waals surface area contributed by atoms with E-state index in [-0.39, 0.29) is 28.0 Å². The van der Waals surface area contributed by atoms with Crippen LogP contribution >= 0.6 is 0 Å².